The van der Waals surface area contributed by atoms with Gasteiger partial charge in [-0.05, 0) is 38.5 Å². The van der Waals surface area contributed by atoms with Crippen molar-refractivity contribution in [3.05, 3.63) is 65.0 Å². The van der Waals surface area contributed by atoms with Gasteiger partial charge < -0.3 is 9.73 Å². The molecule has 0 fully saturated rings. The molecule has 1 aromatic carbocycles. The van der Waals surface area contributed by atoms with E-state index in [1.165, 1.54) is 11.1 Å². The monoisotopic (exact) mass is 333 g/mol. The van der Waals surface area contributed by atoms with Gasteiger partial charge in [0.25, 0.3) is 5.78 Å². The van der Waals surface area contributed by atoms with Crippen LogP contribution >= 0.6 is 0 Å². The summed E-state index contributed by atoms with van der Waals surface area (Å²) in [6, 6.07) is 12.1. The van der Waals surface area contributed by atoms with E-state index < -0.39 is 0 Å². The largest absolute Gasteiger partial charge is 0.461 e. The van der Waals surface area contributed by atoms with Crippen LogP contribution in [0.15, 0.2) is 47.1 Å². The van der Waals surface area contributed by atoms with Gasteiger partial charge in [-0.2, -0.15) is 9.50 Å². The normalized spacial score (nSPS) is 11.2. The van der Waals surface area contributed by atoms with Gasteiger partial charge in [0.1, 0.15) is 5.82 Å². The number of benzene rings is 1. The fourth-order valence-corrected chi connectivity index (χ4v) is 2.70. The molecule has 4 rings (SSSR count). The molecule has 6 nitrogen and oxygen atoms in total. The first-order valence-electron chi connectivity index (χ1n) is 8.19. The molecule has 0 aliphatic rings. The lowest BCUT2D eigenvalue weighted by Gasteiger charge is -2.12. The van der Waals surface area contributed by atoms with E-state index in [0.717, 1.165) is 17.1 Å². The van der Waals surface area contributed by atoms with E-state index >= 15 is 0 Å². The van der Waals surface area contributed by atoms with Crippen molar-refractivity contribution >= 4 is 11.6 Å². The lowest BCUT2D eigenvalue weighted by Crippen LogP contribution is -2.09. The van der Waals surface area contributed by atoms with Crippen LogP contribution in [0.1, 0.15) is 22.4 Å². The number of furan rings is 1. The standard InChI is InChI=1S/C19H19N5O/c1-12-6-8-15(9-7-12)11-20-18-13(2)14(3)21-19-22-17(23-24(18)19)16-5-4-10-25-16/h4-10,20H,11H2,1-3H3. The lowest BCUT2D eigenvalue weighted by atomic mass is 10.1. The average Bonchev–Trinajstić information content (AvgIpc) is 3.26. The first-order valence-corrected chi connectivity index (χ1v) is 8.19. The van der Waals surface area contributed by atoms with Gasteiger partial charge >= 0.3 is 0 Å². The molecule has 4 aromatic rings. The van der Waals surface area contributed by atoms with E-state index in [9.17, 15) is 0 Å². The Morgan fingerprint density at radius 1 is 1.04 bits per heavy atom. The van der Waals surface area contributed by atoms with Crippen molar-refractivity contribution in [1.82, 2.24) is 19.6 Å². The van der Waals surface area contributed by atoms with Crippen LogP contribution in [-0.4, -0.2) is 19.6 Å². The number of nitrogens with one attached hydrogen (secondary N) is 1. The molecule has 0 aliphatic heterocycles. The molecule has 25 heavy (non-hydrogen) atoms. The molecule has 0 unspecified atom stereocenters. The Labute approximate surface area is 145 Å². The molecule has 126 valence electrons. The highest BCUT2D eigenvalue weighted by atomic mass is 16.3. The van der Waals surface area contributed by atoms with Crippen molar-refractivity contribution in [2.45, 2.75) is 27.3 Å². The second kappa shape index (κ2) is 6.05. The fraction of sp³-hybridized carbons (Fsp3) is 0.211. The zero-order valence-electron chi connectivity index (χ0n) is 14.4. The van der Waals surface area contributed by atoms with Gasteiger partial charge in [0, 0.05) is 17.8 Å². The summed E-state index contributed by atoms with van der Waals surface area (Å²) >= 11 is 0. The molecule has 0 radical (unpaired) electrons. The molecule has 0 saturated heterocycles. The van der Waals surface area contributed by atoms with Gasteiger partial charge in [-0.15, -0.1) is 5.10 Å². The van der Waals surface area contributed by atoms with Gasteiger partial charge in [-0.1, -0.05) is 29.8 Å². The third-order valence-corrected chi connectivity index (χ3v) is 4.29. The summed E-state index contributed by atoms with van der Waals surface area (Å²) < 4.78 is 7.15. The highest BCUT2D eigenvalue weighted by Crippen LogP contribution is 2.22. The molecule has 3 heterocycles. The van der Waals surface area contributed by atoms with Crippen LogP contribution in [0.3, 0.4) is 0 Å². The lowest BCUT2D eigenvalue weighted by molar-refractivity contribution is 0.577. The van der Waals surface area contributed by atoms with Crippen molar-refractivity contribution in [3.8, 4) is 11.6 Å². The van der Waals surface area contributed by atoms with Crippen molar-refractivity contribution in [2.75, 3.05) is 5.32 Å². The molecule has 1 N–H and O–H groups in total. The van der Waals surface area contributed by atoms with Gasteiger partial charge in [0.05, 0.1) is 6.26 Å². The van der Waals surface area contributed by atoms with E-state index in [1.54, 1.807) is 10.8 Å². The van der Waals surface area contributed by atoms with Crippen molar-refractivity contribution < 1.29 is 4.42 Å². The minimum absolute atomic E-state index is 0.529. The zero-order valence-corrected chi connectivity index (χ0v) is 14.4. The van der Waals surface area contributed by atoms with Crippen LogP contribution in [0, 0.1) is 20.8 Å². The fourth-order valence-electron chi connectivity index (χ4n) is 2.70. The Hall–Kier alpha value is -3.15. The number of fused-ring (bicyclic) bond motifs is 1. The van der Waals surface area contributed by atoms with Crippen LogP contribution < -0.4 is 5.32 Å². The summed E-state index contributed by atoms with van der Waals surface area (Å²) in [6.45, 7) is 6.81. The Morgan fingerprint density at radius 3 is 2.56 bits per heavy atom. The first-order chi connectivity index (χ1) is 12.1. The number of aryl methyl sites for hydroxylation is 2. The maximum absolute atomic E-state index is 5.40. The SMILES string of the molecule is Cc1ccc(CNc2c(C)c(C)nc3nc(-c4ccco4)nn23)cc1. The molecule has 6 heteroatoms. The predicted octanol–water partition coefficient (Wildman–Crippen LogP) is 3.92. The van der Waals surface area contributed by atoms with E-state index in [2.05, 4.69) is 51.6 Å². The van der Waals surface area contributed by atoms with Crippen molar-refractivity contribution in [3.63, 3.8) is 0 Å². The van der Waals surface area contributed by atoms with Crippen LogP contribution in [0.5, 0.6) is 0 Å². The number of hydrogen-bond donors (Lipinski definition) is 1. The van der Waals surface area contributed by atoms with Gasteiger partial charge in [0.2, 0.25) is 5.82 Å². The first kappa shape index (κ1) is 15.4. The van der Waals surface area contributed by atoms with E-state index in [0.29, 0.717) is 23.9 Å². The second-order valence-electron chi connectivity index (χ2n) is 6.13. The topological polar surface area (TPSA) is 68.2 Å². The van der Waals surface area contributed by atoms with Crippen LogP contribution in [-0.2, 0) is 6.54 Å². The molecule has 0 spiro atoms. The van der Waals surface area contributed by atoms with Crippen molar-refractivity contribution in [2.24, 2.45) is 0 Å². The van der Waals surface area contributed by atoms with Gasteiger partial charge in [-0.25, -0.2) is 4.98 Å². The molecule has 0 bridgehead atoms. The summed E-state index contributed by atoms with van der Waals surface area (Å²) in [4.78, 5) is 9.03. The predicted molar refractivity (Wildman–Crippen MR) is 96.5 cm³/mol. The smallest absolute Gasteiger partial charge is 0.255 e. The molecular weight excluding hydrogens is 314 g/mol. The van der Waals surface area contributed by atoms with E-state index in [-0.39, 0.29) is 0 Å². The third-order valence-electron chi connectivity index (χ3n) is 4.29. The Balaban J connectivity index is 1.73. The average molecular weight is 333 g/mol. The molecule has 3 aromatic heterocycles. The maximum Gasteiger partial charge on any atom is 0.255 e. The summed E-state index contributed by atoms with van der Waals surface area (Å²) in [5, 5.41) is 8.05. The number of nitrogens with zero attached hydrogens (tertiary/aromatic N) is 4. The van der Waals surface area contributed by atoms with E-state index in [1.807, 2.05) is 26.0 Å². The van der Waals surface area contributed by atoms with Crippen LogP contribution in [0.25, 0.3) is 17.4 Å². The molecule has 0 amide bonds. The number of hydrogen-bond acceptors (Lipinski definition) is 5. The van der Waals surface area contributed by atoms with Crippen LogP contribution in [0.2, 0.25) is 0 Å². The second-order valence-corrected chi connectivity index (χ2v) is 6.13. The summed E-state index contributed by atoms with van der Waals surface area (Å²) in [5.41, 5.74) is 4.44. The molecular formula is C19H19N5O. The highest BCUT2D eigenvalue weighted by Gasteiger charge is 2.15. The Kier molecular flexibility index (Phi) is 3.72. The highest BCUT2D eigenvalue weighted by molar-refractivity contribution is 5.56. The molecule has 0 atom stereocenters. The summed E-state index contributed by atoms with van der Waals surface area (Å²) in [7, 11) is 0. The Bertz CT molecular complexity index is 1020. The van der Waals surface area contributed by atoms with Crippen molar-refractivity contribution in [1.29, 1.82) is 0 Å². The molecule has 0 aliphatic carbocycles. The number of rotatable bonds is 4. The third kappa shape index (κ3) is 2.87. The maximum atomic E-state index is 5.40. The number of aromatic nitrogens is 4. The summed E-state index contributed by atoms with van der Waals surface area (Å²) in [5.74, 6) is 2.61. The quantitative estimate of drug-likeness (QED) is 0.613. The van der Waals surface area contributed by atoms with Gasteiger partial charge in [-0.3, -0.25) is 0 Å². The minimum Gasteiger partial charge on any atom is -0.461 e. The summed E-state index contributed by atoms with van der Waals surface area (Å²) in [6.07, 6.45) is 1.61. The van der Waals surface area contributed by atoms with Crippen LogP contribution in [0.4, 0.5) is 5.82 Å². The number of anilines is 1. The van der Waals surface area contributed by atoms with E-state index in [4.69, 9.17) is 4.42 Å². The zero-order chi connectivity index (χ0) is 17.4. The Morgan fingerprint density at radius 2 is 1.84 bits per heavy atom. The minimum atomic E-state index is 0.529. The van der Waals surface area contributed by atoms with Gasteiger partial charge in [0.15, 0.2) is 5.76 Å². The molecule has 0 saturated carbocycles.